The van der Waals surface area contributed by atoms with E-state index >= 15 is 0 Å². The largest absolute Gasteiger partial charge is 0.472 e. The van der Waals surface area contributed by atoms with Gasteiger partial charge in [0.25, 0.3) is 5.56 Å². The summed E-state index contributed by atoms with van der Waals surface area (Å²) in [7, 11) is -5.88. The molecule has 4 aromatic heterocycles. The molecule has 9 atom stereocenters. The quantitative estimate of drug-likeness (QED) is 0.0824. The molecule has 45 heavy (non-hydrogen) atoms. The van der Waals surface area contributed by atoms with Gasteiger partial charge in [-0.15, -0.1) is 0 Å². The normalized spacial score (nSPS) is 29.6. The number of anilines is 2. The molecule has 2 aliphatic rings. The minimum atomic E-state index is -5.05. The number of aromatic nitrogens is 8. The molecule has 0 aliphatic carbocycles. The van der Waals surface area contributed by atoms with Gasteiger partial charge in [-0.1, -0.05) is 0 Å². The first-order valence-electron chi connectivity index (χ1n) is 12.6. The number of H-pyrrole nitrogens is 1. The number of ether oxygens (including phenoxy) is 2. The number of phosphoric ester groups is 1. The lowest BCUT2D eigenvalue weighted by atomic mass is 10.1. The van der Waals surface area contributed by atoms with Crippen LogP contribution in [0.25, 0.3) is 22.3 Å². The van der Waals surface area contributed by atoms with E-state index in [1.165, 1.54) is 15.5 Å². The molecule has 0 amide bonds. The van der Waals surface area contributed by atoms with Crippen LogP contribution >= 0.6 is 16.5 Å². The van der Waals surface area contributed by atoms with Gasteiger partial charge >= 0.3 is 16.5 Å². The van der Waals surface area contributed by atoms with Crippen LogP contribution in [-0.2, 0) is 27.7 Å². The molecule has 6 heterocycles. The molecule has 0 aromatic carbocycles. The summed E-state index contributed by atoms with van der Waals surface area (Å²) in [6.07, 6.45) is -8.12. The summed E-state index contributed by atoms with van der Waals surface area (Å²) in [5, 5.41) is 41.5. The van der Waals surface area contributed by atoms with E-state index in [-0.39, 0.29) is 34.1 Å². The molecular weight excluding hydrogens is 650 g/mol. The monoisotopic (exact) mass is 676 g/mol. The third-order valence-corrected chi connectivity index (χ3v) is 7.85. The zero-order chi connectivity index (χ0) is 32.6. The Bertz CT molecular complexity index is 1790. The van der Waals surface area contributed by atoms with Gasteiger partial charge in [-0.25, -0.2) is 24.1 Å². The van der Waals surface area contributed by atoms with Gasteiger partial charge in [-0.3, -0.25) is 23.0 Å². The highest BCUT2D eigenvalue weighted by Gasteiger charge is 2.50. The van der Waals surface area contributed by atoms with Crippen molar-refractivity contribution in [2.45, 2.75) is 49.1 Å². The van der Waals surface area contributed by atoms with E-state index in [0.717, 1.165) is 12.7 Å². The highest BCUT2D eigenvalue weighted by molar-refractivity contribution is 7.47. The van der Waals surface area contributed by atoms with Crippen molar-refractivity contribution < 1.29 is 57.9 Å². The number of nitrogen functional groups attached to an aromatic ring is 2. The highest BCUT2D eigenvalue weighted by Crippen LogP contribution is 2.50. The molecule has 6 rings (SSSR count). The van der Waals surface area contributed by atoms with Gasteiger partial charge in [0.05, 0.1) is 32.2 Å². The highest BCUT2D eigenvalue weighted by atomic mass is 31.2. The number of phosphoric acid groups is 1. The molecule has 0 radical (unpaired) electrons. The summed E-state index contributed by atoms with van der Waals surface area (Å²) >= 11 is 0. The van der Waals surface area contributed by atoms with Gasteiger partial charge < -0.3 is 56.1 Å². The summed E-state index contributed by atoms with van der Waals surface area (Å²) in [6.45, 7) is -1.43. The Labute approximate surface area is 250 Å². The third-order valence-electron chi connectivity index (χ3n) is 6.87. The second kappa shape index (κ2) is 13.0. The van der Waals surface area contributed by atoms with Gasteiger partial charge in [-0.05, 0) is 0 Å². The molecule has 2 fully saturated rings. The summed E-state index contributed by atoms with van der Waals surface area (Å²) in [4.78, 5) is 51.8. The second-order valence-electron chi connectivity index (χ2n) is 9.55. The minimum Gasteiger partial charge on any atom is -0.394 e. The predicted molar refractivity (Wildman–Crippen MR) is 146 cm³/mol. The number of aliphatic hydroxyl groups is 4. The lowest BCUT2D eigenvalue weighted by Crippen LogP contribution is -2.36. The van der Waals surface area contributed by atoms with Crippen molar-refractivity contribution in [3.63, 3.8) is 0 Å². The number of rotatable bonds is 8. The van der Waals surface area contributed by atoms with Crippen molar-refractivity contribution in [3.8, 4) is 0 Å². The Balaban J connectivity index is 0.00000128. The number of hydrogen-bond acceptors (Lipinski definition) is 18. The fraction of sp³-hybridized carbons (Fsp3) is 0.500. The van der Waals surface area contributed by atoms with Crippen molar-refractivity contribution in [1.82, 2.24) is 39.0 Å². The number of aromatic amines is 1. The van der Waals surface area contributed by atoms with E-state index in [0.29, 0.717) is 0 Å². The van der Waals surface area contributed by atoms with Crippen molar-refractivity contribution >= 4 is 50.6 Å². The second-order valence-corrected chi connectivity index (χ2v) is 11.1. The summed E-state index contributed by atoms with van der Waals surface area (Å²) in [5.41, 5.74) is 11.1. The molecular formula is C20H26N10O13P2. The Morgan fingerprint density at radius 2 is 1.62 bits per heavy atom. The SMILES string of the molecule is Nc1nc(N)c2ncn([C@@H]3O[C@H](COP(=O)(O)O[C@@H]4[C@H](O)[C@@H](CO)O[C@H]4n4cnc5c(=O)[nH]cnc54)[C@@H](O)[C@H]3O)c2n1.O=PO. The van der Waals surface area contributed by atoms with Crippen molar-refractivity contribution in [2.75, 3.05) is 24.7 Å². The number of imidazole rings is 2. The van der Waals surface area contributed by atoms with Crippen molar-refractivity contribution in [3.05, 3.63) is 29.3 Å². The number of aliphatic hydroxyl groups excluding tert-OH is 4. The van der Waals surface area contributed by atoms with Crippen LogP contribution in [0.15, 0.2) is 23.8 Å². The zero-order valence-electron chi connectivity index (χ0n) is 22.5. The van der Waals surface area contributed by atoms with Crippen LogP contribution in [0.5, 0.6) is 0 Å². The maximum Gasteiger partial charge on any atom is 0.472 e. The number of nitrogens with one attached hydrogen (secondary N) is 1. The maximum absolute atomic E-state index is 13.0. The number of nitrogens with two attached hydrogens (primary N) is 2. The van der Waals surface area contributed by atoms with Crippen LogP contribution in [0.4, 0.5) is 11.8 Å². The lowest BCUT2D eigenvalue weighted by molar-refractivity contribution is -0.0615. The number of nitrogens with zero attached hydrogens (tertiary/aromatic N) is 7. The van der Waals surface area contributed by atoms with Gasteiger partial charge in [0.2, 0.25) is 5.95 Å². The van der Waals surface area contributed by atoms with Crippen LogP contribution in [0.1, 0.15) is 12.5 Å². The first kappa shape index (κ1) is 32.8. The smallest absolute Gasteiger partial charge is 0.394 e. The van der Waals surface area contributed by atoms with Crippen molar-refractivity contribution in [2.24, 2.45) is 0 Å². The van der Waals surface area contributed by atoms with Crippen LogP contribution in [-0.4, -0.2) is 119 Å². The molecule has 25 heteroatoms. The van der Waals surface area contributed by atoms with E-state index in [9.17, 15) is 34.7 Å². The van der Waals surface area contributed by atoms with Gasteiger partial charge in [0.15, 0.2) is 35.1 Å². The Hall–Kier alpha value is -3.57. The summed E-state index contributed by atoms with van der Waals surface area (Å²) in [5.74, 6) is -0.187. The third kappa shape index (κ3) is 6.29. The van der Waals surface area contributed by atoms with E-state index < -0.39 is 84.4 Å². The van der Waals surface area contributed by atoms with Crippen LogP contribution in [0, 0.1) is 0 Å². The molecule has 2 saturated heterocycles. The molecule has 1 unspecified atom stereocenters. The fourth-order valence-corrected chi connectivity index (χ4v) is 5.78. The van der Waals surface area contributed by atoms with E-state index in [2.05, 4.69) is 29.9 Å². The van der Waals surface area contributed by atoms with Crippen LogP contribution < -0.4 is 17.0 Å². The number of fused-ring (bicyclic) bond motifs is 2. The van der Waals surface area contributed by atoms with Gasteiger partial charge in [0, 0.05) is 0 Å². The molecule has 4 aromatic rings. The van der Waals surface area contributed by atoms with Crippen LogP contribution in [0.3, 0.4) is 0 Å². The zero-order valence-corrected chi connectivity index (χ0v) is 24.3. The lowest BCUT2D eigenvalue weighted by Gasteiger charge is -2.24. The fourth-order valence-electron chi connectivity index (χ4n) is 4.85. The Kier molecular flexibility index (Phi) is 9.51. The summed E-state index contributed by atoms with van der Waals surface area (Å²) < 4.78 is 45.5. The average Bonchev–Trinajstić information content (AvgIpc) is 3.74. The molecule has 23 nitrogen and oxygen atoms in total. The van der Waals surface area contributed by atoms with E-state index in [4.69, 9.17) is 39.4 Å². The molecule has 0 bridgehead atoms. The Morgan fingerprint density at radius 3 is 2.31 bits per heavy atom. The molecule has 2 aliphatic heterocycles. The first-order chi connectivity index (χ1) is 21.4. The molecule has 11 N–H and O–H groups in total. The van der Waals surface area contributed by atoms with Crippen LogP contribution in [0.2, 0.25) is 0 Å². The first-order valence-corrected chi connectivity index (χ1v) is 14.9. The molecule has 0 saturated carbocycles. The van der Waals surface area contributed by atoms with Gasteiger partial charge in [0.1, 0.15) is 42.1 Å². The maximum atomic E-state index is 13.0. The molecule has 0 spiro atoms. The van der Waals surface area contributed by atoms with E-state index in [1.54, 1.807) is 0 Å². The average molecular weight is 676 g/mol. The summed E-state index contributed by atoms with van der Waals surface area (Å²) in [6, 6.07) is 0. The molecule has 244 valence electrons. The topological polar surface area (TPSA) is 352 Å². The van der Waals surface area contributed by atoms with Crippen molar-refractivity contribution in [1.29, 1.82) is 0 Å². The predicted octanol–water partition coefficient (Wildman–Crippen LogP) is -3.32. The van der Waals surface area contributed by atoms with E-state index in [1.807, 2.05) is 0 Å². The number of hydrogen-bond donors (Lipinski definition) is 9. The Morgan fingerprint density at radius 1 is 0.978 bits per heavy atom. The van der Waals surface area contributed by atoms with Gasteiger partial charge in [-0.2, -0.15) is 9.97 Å². The standard InChI is InChI=1S/C20H25N10O11P.HO2P/c21-14-8-16(28-20(22)27-14)30(4-25-8)18-12(34)10(32)7(40-18)2-38-42(36,37)41-13-11(33)6(1-31)39-19(13)29-5-26-9-15(29)23-3-24-17(9)35;1-3-2/h3-7,10-13,18-19,31-34H,1-2H2,(H,36,37)(H,23,24,35)(H4,21,22,27,28);(H,1,2)/t6-,7-,10-,11-,12-,13-,18-,19-;/m1./s1. The minimum absolute atomic E-state index is 0.0140.